The fraction of sp³-hybridized carbons (Fsp3) is 0.222. The number of imidazole rings is 1. The SMILES string of the molecule is COc1cnc(-c2cccs2)n1C. The molecule has 0 saturated carbocycles. The summed E-state index contributed by atoms with van der Waals surface area (Å²) in [4.78, 5) is 5.44. The summed E-state index contributed by atoms with van der Waals surface area (Å²) in [6.07, 6.45) is 1.73. The first-order chi connectivity index (χ1) is 6.33. The van der Waals surface area contributed by atoms with Crippen molar-refractivity contribution in [3.63, 3.8) is 0 Å². The predicted molar refractivity (Wildman–Crippen MR) is 53.1 cm³/mol. The summed E-state index contributed by atoms with van der Waals surface area (Å²) in [5.41, 5.74) is 0. The third-order valence-electron chi connectivity index (χ3n) is 1.90. The molecule has 0 atom stereocenters. The van der Waals surface area contributed by atoms with Gasteiger partial charge in [-0.1, -0.05) is 6.07 Å². The topological polar surface area (TPSA) is 27.1 Å². The quantitative estimate of drug-likeness (QED) is 0.732. The smallest absolute Gasteiger partial charge is 0.213 e. The predicted octanol–water partition coefficient (Wildman–Crippen LogP) is 2.16. The van der Waals surface area contributed by atoms with Crippen molar-refractivity contribution in [2.45, 2.75) is 0 Å². The molecular formula is C9H10N2OS. The highest BCUT2D eigenvalue weighted by Crippen LogP contribution is 2.25. The average molecular weight is 194 g/mol. The molecule has 0 fully saturated rings. The lowest BCUT2D eigenvalue weighted by molar-refractivity contribution is 0.383. The first-order valence-electron chi connectivity index (χ1n) is 3.92. The van der Waals surface area contributed by atoms with Gasteiger partial charge in [-0.3, -0.25) is 4.57 Å². The maximum absolute atomic E-state index is 5.13. The van der Waals surface area contributed by atoms with Gasteiger partial charge in [0.2, 0.25) is 5.88 Å². The third-order valence-corrected chi connectivity index (χ3v) is 2.76. The monoisotopic (exact) mass is 194 g/mol. The Kier molecular flexibility index (Phi) is 2.06. The minimum atomic E-state index is 0.781. The van der Waals surface area contributed by atoms with Gasteiger partial charge in [-0.15, -0.1) is 11.3 Å². The third kappa shape index (κ3) is 1.33. The zero-order valence-corrected chi connectivity index (χ0v) is 8.34. The molecule has 3 nitrogen and oxygen atoms in total. The van der Waals surface area contributed by atoms with Crippen molar-refractivity contribution in [2.75, 3.05) is 7.11 Å². The molecule has 0 N–H and O–H groups in total. The van der Waals surface area contributed by atoms with Crippen LogP contribution in [0.25, 0.3) is 10.7 Å². The lowest BCUT2D eigenvalue weighted by Crippen LogP contribution is -1.94. The summed E-state index contributed by atoms with van der Waals surface area (Å²) in [5.74, 6) is 1.73. The van der Waals surface area contributed by atoms with Crippen molar-refractivity contribution in [3.8, 4) is 16.6 Å². The van der Waals surface area contributed by atoms with Crippen molar-refractivity contribution in [3.05, 3.63) is 23.7 Å². The fourth-order valence-corrected chi connectivity index (χ4v) is 1.97. The number of hydrogen-bond donors (Lipinski definition) is 0. The van der Waals surface area contributed by atoms with Crippen LogP contribution in [0.5, 0.6) is 5.88 Å². The second-order valence-electron chi connectivity index (χ2n) is 2.66. The second kappa shape index (κ2) is 3.22. The summed E-state index contributed by atoms with van der Waals surface area (Å²) in [6, 6.07) is 4.06. The molecule has 0 unspecified atom stereocenters. The molecule has 0 amide bonds. The fourth-order valence-electron chi connectivity index (χ4n) is 1.22. The number of methoxy groups -OCH3 is 1. The van der Waals surface area contributed by atoms with E-state index in [4.69, 9.17) is 4.74 Å². The van der Waals surface area contributed by atoms with Gasteiger partial charge in [0.1, 0.15) is 0 Å². The molecule has 0 aliphatic heterocycles. The summed E-state index contributed by atoms with van der Waals surface area (Å²) in [5, 5.41) is 2.04. The Morgan fingerprint density at radius 2 is 2.38 bits per heavy atom. The number of nitrogens with zero attached hydrogens (tertiary/aromatic N) is 2. The van der Waals surface area contributed by atoms with Gasteiger partial charge in [-0.25, -0.2) is 4.98 Å². The van der Waals surface area contributed by atoms with Crippen LogP contribution >= 0.6 is 11.3 Å². The molecule has 2 heterocycles. The number of aromatic nitrogens is 2. The molecule has 4 heteroatoms. The van der Waals surface area contributed by atoms with E-state index in [1.54, 1.807) is 24.6 Å². The Morgan fingerprint density at radius 1 is 1.54 bits per heavy atom. The van der Waals surface area contributed by atoms with E-state index in [9.17, 15) is 0 Å². The lowest BCUT2D eigenvalue weighted by Gasteiger charge is -2.01. The second-order valence-corrected chi connectivity index (χ2v) is 3.61. The van der Waals surface area contributed by atoms with Gasteiger partial charge in [0, 0.05) is 7.05 Å². The summed E-state index contributed by atoms with van der Waals surface area (Å²) < 4.78 is 7.07. The molecule has 2 aromatic rings. The maximum atomic E-state index is 5.13. The molecule has 13 heavy (non-hydrogen) atoms. The Hall–Kier alpha value is -1.29. The van der Waals surface area contributed by atoms with E-state index in [1.165, 1.54) is 0 Å². The minimum Gasteiger partial charge on any atom is -0.481 e. The van der Waals surface area contributed by atoms with Crippen LogP contribution < -0.4 is 4.74 Å². The van der Waals surface area contributed by atoms with E-state index < -0.39 is 0 Å². The molecule has 0 radical (unpaired) electrons. The van der Waals surface area contributed by atoms with E-state index >= 15 is 0 Å². The first-order valence-corrected chi connectivity index (χ1v) is 4.80. The minimum absolute atomic E-state index is 0.781. The molecule has 2 rings (SSSR count). The highest BCUT2D eigenvalue weighted by molar-refractivity contribution is 7.13. The highest BCUT2D eigenvalue weighted by atomic mass is 32.1. The number of ether oxygens (including phenoxy) is 1. The van der Waals surface area contributed by atoms with Gasteiger partial charge in [-0.2, -0.15) is 0 Å². The Labute approximate surface area is 80.6 Å². The van der Waals surface area contributed by atoms with Crippen molar-refractivity contribution in [2.24, 2.45) is 7.05 Å². The Balaban J connectivity index is 2.48. The van der Waals surface area contributed by atoms with Gasteiger partial charge in [0.25, 0.3) is 0 Å². The Bertz CT molecular complexity index is 392. The van der Waals surface area contributed by atoms with Gasteiger partial charge >= 0.3 is 0 Å². The van der Waals surface area contributed by atoms with E-state index in [2.05, 4.69) is 4.98 Å². The molecule has 0 aliphatic carbocycles. The molecule has 0 aromatic carbocycles. The van der Waals surface area contributed by atoms with Crippen LogP contribution in [-0.2, 0) is 7.05 Å². The largest absolute Gasteiger partial charge is 0.481 e. The number of rotatable bonds is 2. The van der Waals surface area contributed by atoms with E-state index in [0.717, 1.165) is 16.6 Å². The van der Waals surface area contributed by atoms with Crippen LogP contribution in [0.1, 0.15) is 0 Å². The number of hydrogen-bond acceptors (Lipinski definition) is 3. The average Bonchev–Trinajstić information content (AvgIpc) is 2.72. The summed E-state index contributed by atoms with van der Waals surface area (Å²) >= 11 is 1.68. The summed E-state index contributed by atoms with van der Waals surface area (Å²) in [6.45, 7) is 0. The van der Waals surface area contributed by atoms with Crippen LogP contribution in [0.4, 0.5) is 0 Å². The molecule has 2 aromatic heterocycles. The molecule has 0 aliphatic rings. The maximum Gasteiger partial charge on any atom is 0.213 e. The van der Waals surface area contributed by atoms with E-state index in [1.807, 2.05) is 29.1 Å². The van der Waals surface area contributed by atoms with Crippen LogP contribution in [0.15, 0.2) is 23.7 Å². The van der Waals surface area contributed by atoms with E-state index in [-0.39, 0.29) is 0 Å². The van der Waals surface area contributed by atoms with Crippen LogP contribution in [0, 0.1) is 0 Å². The van der Waals surface area contributed by atoms with Crippen molar-refractivity contribution in [1.29, 1.82) is 0 Å². The van der Waals surface area contributed by atoms with Gasteiger partial charge in [-0.05, 0) is 11.4 Å². The lowest BCUT2D eigenvalue weighted by atomic mass is 10.4. The molecule has 0 bridgehead atoms. The standard InChI is InChI=1S/C9H10N2OS/c1-11-8(12-2)6-10-9(11)7-4-3-5-13-7/h3-6H,1-2H3. The van der Waals surface area contributed by atoms with Gasteiger partial charge < -0.3 is 4.74 Å². The van der Waals surface area contributed by atoms with Crippen LogP contribution in [0.2, 0.25) is 0 Å². The molecule has 0 saturated heterocycles. The van der Waals surface area contributed by atoms with Crippen molar-refractivity contribution in [1.82, 2.24) is 9.55 Å². The first kappa shape index (κ1) is 8.31. The van der Waals surface area contributed by atoms with Crippen molar-refractivity contribution < 1.29 is 4.74 Å². The molecule has 0 spiro atoms. The van der Waals surface area contributed by atoms with E-state index in [0.29, 0.717) is 0 Å². The zero-order valence-electron chi connectivity index (χ0n) is 7.52. The number of thiophene rings is 1. The normalized spacial score (nSPS) is 10.3. The highest BCUT2D eigenvalue weighted by Gasteiger charge is 2.08. The molecular weight excluding hydrogens is 184 g/mol. The van der Waals surface area contributed by atoms with Crippen LogP contribution in [0.3, 0.4) is 0 Å². The van der Waals surface area contributed by atoms with Crippen molar-refractivity contribution >= 4 is 11.3 Å². The van der Waals surface area contributed by atoms with Gasteiger partial charge in [0.05, 0.1) is 18.2 Å². The zero-order chi connectivity index (χ0) is 9.26. The Morgan fingerprint density at radius 3 is 2.92 bits per heavy atom. The van der Waals surface area contributed by atoms with Crippen LogP contribution in [-0.4, -0.2) is 16.7 Å². The van der Waals surface area contributed by atoms with Gasteiger partial charge in [0.15, 0.2) is 5.82 Å². The molecule has 68 valence electrons. The summed E-state index contributed by atoms with van der Waals surface area (Å²) in [7, 11) is 3.59.